The minimum absolute atomic E-state index is 0.122. The molecule has 1 unspecified atom stereocenters. The molecule has 2 aromatic rings. The molecule has 7 nitrogen and oxygen atoms in total. The van der Waals surface area contributed by atoms with Crippen LogP contribution in [0.3, 0.4) is 0 Å². The third kappa shape index (κ3) is 4.87. The Morgan fingerprint density at radius 2 is 1.63 bits per heavy atom. The van der Waals surface area contributed by atoms with Crippen molar-refractivity contribution in [3.63, 3.8) is 0 Å². The predicted octanol–water partition coefficient (Wildman–Crippen LogP) is 2.76. The van der Waals surface area contributed by atoms with Crippen LogP contribution in [0.15, 0.2) is 36.7 Å². The number of amides is 1. The van der Waals surface area contributed by atoms with Crippen LogP contribution in [-0.2, 0) is 4.79 Å². The molecule has 2 aliphatic heterocycles. The summed E-state index contributed by atoms with van der Waals surface area (Å²) in [6.45, 7) is 7.14. The number of carbonyl (C=O) groups excluding carboxylic acids is 1. The minimum Gasteiger partial charge on any atom is -0.356 e. The summed E-state index contributed by atoms with van der Waals surface area (Å²) >= 11 is 0. The summed E-state index contributed by atoms with van der Waals surface area (Å²) in [4.78, 5) is 28.3. The molecule has 1 atom stereocenters. The maximum absolute atomic E-state index is 13.3. The average molecular weight is 413 g/mol. The minimum atomic E-state index is -0.358. The number of nitrogens with zero attached hydrogens (tertiary/aromatic N) is 5. The Morgan fingerprint density at radius 1 is 0.967 bits per heavy atom. The zero-order chi connectivity index (χ0) is 20.9. The van der Waals surface area contributed by atoms with Gasteiger partial charge < -0.3 is 15.1 Å². The van der Waals surface area contributed by atoms with Crippen LogP contribution in [0.2, 0.25) is 0 Å². The van der Waals surface area contributed by atoms with Gasteiger partial charge in [0.15, 0.2) is 0 Å². The highest BCUT2D eigenvalue weighted by atomic mass is 19.1. The standard InChI is InChI=1S/C22H29FN6O/c1-17(22(30)26-19-7-5-6-18(23)14-19)27-10-12-29(13-11-27)21-15-20(24-16-25-21)28-8-3-2-4-9-28/h5-7,14-17H,2-4,8-13H2,1H3,(H,26,30). The number of aromatic nitrogens is 2. The number of anilines is 3. The van der Waals surface area contributed by atoms with Crippen molar-refractivity contribution in [3.05, 3.63) is 42.5 Å². The van der Waals surface area contributed by atoms with E-state index >= 15 is 0 Å². The first-order valence-corrected chi connectivity index (χ1v) is 10.7. The molecule has 0 bridgehead atoms. The molecular weight excluding hydrogens is 383 g/mol. The van der Waals surface area contributed by atoms with Crippen molar-refractivity contribution in [2.45, 2.75) is 32.2 Å². The van der Waals surface area contributed by atoms with Crippen LogP contribution in [0, 0.1) is 5.82 Å². The summed E-state index contributed by atoms with van der Waals surface area (Å²) in [6, 6.07) is 7.78. The topological polar surface area (TPSA) is 64.6 Å². The number of rotatable bonds is 5. The fraction of sp³-hybridized carbons (Fsp3) is 0.500. The fourth-order valence-corrected chi connectivity index (χ4v) is 4.12. The lowest BCUT2D eigenvalue weighted by Gasteiger charge is -2.38. The van der Waals surface area contributed by atoms with Gasteiger partial charge in [-0.1, -0.05) is 6.07 Å². The quantitative estimate of drug-likeness (QED) is 0.815. The lowest BCUT2D eigenvalue weighted by Crippen LogP contribution is -2.53. The number of nitrogens with one attached hydrogen (secondary N) is 1. The molecular formula is C22H29FN6O. The second-order valence-corrected chi connectivity index (χ2v) is 7.98. The van der Waals surface area contributed by atoms with E-state index in [-0.39, 0.29) is 17.8 Å². The van der Waals surface area contributed by atoms with E-state index in [1.807, 2.05) is 6.92 Å². The van der Waals surface area contributed by atoms with Crippen LogP contribution in [0.25, 0.3) is 0 Å². The van der Waals surface area contributed by atoms with Crippen molar-refractivity contribution in [1.82, 2.24) is 14.9 Å². The molecule has 2 fully saturated rings. The van der Waals surface area contributed by atoms with Crippen molar-refractivity contribution in [3.8, 4) is 0 Å². The smallest absolute Gasteiger partial charge is 0.241 e. The molecule has 4 rings (SSSR count). The average Bonchev–Trinajstić information content (AvgIpc) is 2.79. The first-order valence-electron chi connectivity index (χ1n) is 10.7. The van der Waals surface area contributed by atoms with E-state index in [2.05, 4.69) is 36.1 Å². The van der Waals surface area contributed by atoms with Gasteiger partial charge in [-0.2, -0.15) is 0 Å². The van der Waals surface area contributed by atoms with Gasteiger partial charge in [-0.25, -0.2) is 14.4 Å². The third-order valence-electron chi connectivity index (χ3n) is 5.98. The van der Waals surface area contributed by atoms with Crippen molar-refractivity contribution >= 4 is 23.2 Å². The molecule has 1 N–H and O–H groups in total. The van der Waals surface area contributed by atoms with E-state index in [0.717, 1.165) is 50.9 Å². The van der Waals surface area contributed by atoms with E-state index in [9.17, 15) is 9.18 Å². The number of hydrogen-bond acceptors (Lipinski definition) is 6. The number of hydrogen-bond donors (Lipinski definition) is 1. The Kier molecular flexibility index (Phi) is 6.42. The Hall–Kier alpha value is -2.74. The van der Waals surface area contributed by atoms with Gasteiger partial charge in [0.2, 0.25) is 5.91 Å². The summed E-state index contributed by atoms with van der Waals surface area (Å²) in [5.74, 6) is 1.47. The van der Waals surface area contributed by atoms with Crippen LogP contribution in [0.4, 0.5) is 21.7 Å². The Balaban J connectivity index is 1.32. The molecule has 1 amide bonds. The van der Waals surface area contributed by atoms with Crippen LogP contribution in [-0.4, -0.2) is 66.1 Å². The number of piperazine rings is 1. The van der Waals surface area contributed by atoms with Gasteiger partial charge in [0.25, 0.3) is 0 Å². The van der Waals surface area contributed by atoms with Crippen molar-refractivity contribution in [1.29, 1.82) is 0 Å². The highest BCUT2D eigenvalue weighted by Gasteiger charge is 2.26. The summed E-state index contributed by atoms with van der Waals surface area (Å²) in [7, 11) is 0. The van der Waals surface area contributed by atoms with Gasteiger partial charge in [0.1, 0.15) is 23.8 Å². The lowest BCUT2D eigenvalue weighted by atomic mass is 10.1. The van der Waals surface area contributed by atoms with Crippen LogP contribution in [0.5, 0.6) is 0 Å². The monoisotopic (exact) mass is 412 g/mol. The molecule has 30 heavy (non-hydrogen) atoms. The Labute approximate surface area is 176 Å². The van der Waals surface area contributed by atoms with E-state index in [4.69, 9.17) is 0 Å². The zero-order valence-corrected chi connectivity index (χ0v) is 17.4. The second-order valence-electron chi connectivity index (χ2n) is 7.98. The fourth-order valence-electron chi connectivity index (χ4n) is 4.12. The first-order chi connectivity index (χ1) is 14.6. The molecule has 1 aromatic heterocycles. The number of halogens is 1. The van der Waals surface area contributed by atoms with E-state index in [1.165, 1.54) is 31.4 Å². The first kappa shape index (κ1) is 20.5. The lowest BCUT2D eigenvalue weighted by molar-refractivity contribution is -0.120. The largest absolute Gasteiger partial charge is 0.356 e. The molecule has 0 aliphatic carbocycles. The van der Waals surface area contributed by atoms with Crippen LogP contribution in [0.1, 0.15) is 26.2 Å². The molecule has 3 heterocycles. The van der Waals surface area contributed by atoms with Gasteiger partial charge >= 0.3 is 0 Å². The zero-order valence-electron chi connectivity index (χ0n) is 17.4. The number of benzene rings is 1. The maximum Gasteiger partial charge on any atom is 0.241 e. The van der Waals surface area contributed by atoms with Gasteiger partial charge in [-0.05, 0) is 44.4 Å². The van der Waals surface area contributed by atoms with E-state index in [1.54, 1.807) is 18.5 Å². The molecule has 0 spiro atoms. The van der Waals surface area contributed by atoms with Crippen molar-refractivity contribution in [2.24, 2.45) is 0 Å². The molecule has 2 saturated heterocycles. The second kappa shape index (κ2) is 9.38. The maximum atomic E-state index is 13.3. The third-order valence-corrected chi connectivity index (χ3v) is 5.98. The summed E-state index contributed by atoms with van der Waals surface area (Å²) in [5.41, 5.74) is 0.483. The SMILES string of the molecule is CC(C(=O)Nc1cccc(F)c1)N1CCN(c2cc(N3CCCCC3)ncn2)CC1. The van der Waals surface area contributed by atoms with Crippen molar-refractivity contribution in [2.75, 3.05) is 54.4 Å². The highest BCUT2D eigenvalue weighted by molar-refractivity contribution is 5.94. The Morgan fingerprint density at radius 3 is 2.30 bits per heavy atom. The van der Waals surface area contributed by atoms with E-state index in [0.29, 0.717) is 5.69 Å². The molecule has 160 valence electrons. The summed E-state index contributed by atoms with van der Waals surface area (Å²) in [5, 5.41) is 2.81. The molecule has 0 radical (unpaired) electrons. The Bertz CT molecular complexity index is 864. The van der Waals surface area contributed by atoms with Gasteiger partial charge in [0.05, 0.1) is 6.04 Å². The molecule has 8 heteroatoms. The van der Waals surface area contributed by atoms with Gasteiger partial charge in [0, 0.05) is 51.0 Å². The normalized spacial score (nSPS) is 18.9. The molecule has 1 aromatic carbocycles. The summed E-state index contributed by atoms with van der Waals surface area (Å²) in [6.07, 6.45) is 5.38. The van der Waals surface area contributed by atoms with Gasteiger partial charge in [-0.3, -0.25) is 9.69 Å². The predicted molar refractivity (Wildman–Crippen MR) is 116 cm³/mol. The van der Waals surface area contributed by atoms with Crippen molar-refractivity contribution < 1.29 is 9.18 Å². The summed E-state index contributed by atoms with van der Waals surface area (Å²) < 4.78 is 13.3. The van der Waals surface area contributed by atoms with E-state index < -0.39 is 0 Å². The number of carbonyl (C=O) groups is 1. The number of piperidine rings is 1. The van der Waals surface area contributed by atoms with Crippen LogP contribution >= 0.6 is 0 Å². The van der Waals surface area contributed by atoms with Gasteiger partial charge in [-0.15, -0.1) is 0 Å². The molecule has 2 aliphatic rings. The van der Waals surface area contributed by atoms with Crippen LogP contribution < -0.4 is 15.1 Å². The highest BCUT2D eigenvalue weighted by Crippen LogP contribution is 2.22. The molecule has 0 saturated carbocycles.